The summed E-state index contributed by atoms with van der Waals surface area (Å²) in [4.78, 5) is 0. The van der Waals surface area contributed by atoms with E-state index in [0.717, 1.165) is 28.8 Å². The molecule has 1 saturated carbocycles. The molecule has 2 N–H and O–H groups in total. The summed E-state index contributed by atoms with van der Waals surface area (Å²) in [7, 11) is 0. The van der Waals surface area contributed by atoms with Crippen molar-refractivity contribution in [2.45, 2.75) is 25.4 Å². The van der Waals surface area contributed by atoms with Crippen LogP contribution in [0, 0.1) is 0 Å². The fourth-order valence-corrected chi connectivity index (χ4v) is 1.62. The Morgan fingerprint density at radius 1 is 1.38 bits per heavy atom. The Balaban J connectivity index is 2.13. The maximum atomic E-state index is 5.77. The molecular formula is C10H12BrNO. The van der Waals surface area contributed by atoms with Crippen LogP contribution in [0.5, 0.6) is 5.75 Å². The highest BCUT2D eigenvalue weighted by Gasteiger charge is 2.19. The lowest BCUT2D eigenvalue weighted by molar-refractivity contribution is 0.121. The number of halogens is 1. The molecule has 0 heterocycles. The molecule has 0 aromatic heterocycles. The van der Waals surface area contributed by atoms with Gasteiger partial charge in [-0.25, -0.2) is 0 Å². The van der Waals surface area contributed by atoms with Crippen LogP contribution in [-0.2, 0) is 0 Å². The topological polar surface area (TPSA) is 35.2 Å². The third-order valence-corrected chi connectivity index (χ3v) is 2.81. The van der Waals surface area contributed by atoms with Gasteiger partial charge in [0, 0.05) is 4.47 Å². The molecule has 0 amide bonds. The van der Waals surface area contributed by atoms with E-state index >= 15 is 0 Å². The predicted molar refractivity (Wildman–Crippen MR) is 56.8 cm³/mol. The number of nitrogen functional groups attached to an aromatic ring is 1. The molecule has 2 nitrogen and oxygen atoms in total. The van der Waals surface area contributed by atoms with Gasteiger partial charge in [-0.05, 0) is 37.5 Å². The van der Waals surface area contributed by atoms with E-state index in [2.05, 4.69) is 15.9 Å². The van der Waals surface area contributed by atoms with Gasteiger partial charge in [0.05, 0.1) is 11.8 Å². The van der Waals surface area contributed by atoms with E-state index in [1.54, 1.807) is 0 Å². The number of benzene rings is 1. The van der Waals surface area contributed by atoms with Crippen LogP contribution < -0.4 is 10.5 Å². The predicted octanol–water partition coefficient (Wildman–Crippen LogP) is 2.96. The average molecular weight is 242 g/mol. The van der Waals surface area contributed by atoms with Crippen LogP contribution in [0.15, 0.2) is 22.7 Å². The van der Waals surface area contributed by atoms with Gasteiger partial charge < -0.3 is 10.5 Å². The lowest BCUT2D eigenvalue weighted by Crippen LogP contribution is -2.24. The Labute approximate surface area is 86.2 Å². The van der Waals surface area contributed by atoms with Crippen LogP contribution in [0.3, 0.4) is 0 Å². The average Bonchev–Trinajstić information content (AvgIpc) is 2.03. The number of nitrogens with two attached hydrogens (primary N) is 1. The molecule has 1 aromatic rings. The summed E-state index contributed by atoms with van der Waals surface area (Å²) in [5.41, 5.74) is 6.49. The van der Waals surface area contributed by atoms with Crippen LogP contribution in [0.4, 0.5) is 5.69 Å². The zero-order valence-corrected chi connectivity index (χ0v) is 8.88. The minimum atomic E-state index is 0.386. The Bertz CT molecular complexity index is 310. The largest absolute Gasteiger partial charge is 0.488 e. The summed E-state index contributed by atoms with van der Waals surface area (Å²) in [5, 5.41) is 0. The van der Waals surface area contributed by atoms with Gasteiger partial charge in [-0.2, -0.15) is 0 Å². The highest BCUT2D eigenvalue weighted by Crippen LogP contribution is 2.31. The summed E-state index contributed by atoms with van der Waals surface area (Å²) < 4.78 is 6.72. The minimum absolute atomic E-state index is 0.386. The maximum Gasteiger partial charge on any atom is 0.143 e. The first-order chi connectivity index (χ1) is 6.25. The summed E-state index contributed by atoms with van der Waals surface area (Å²) in [6.07, 6.45) is 3.98. The fourth-order valence-electron chi connectivity index (χ4n) is 1.28. The van der Waals surface area contributed by atoms with Crippen molar-refractivity contribution in [3.63, 3.8) is 0 Å². The van der Waals surface area contributed by atoms with E-state index in [0.29, 0.717) is 6.10 Å². The Morgan fingerprint density at radius 3 is 2.77 bits per heavy atom. The molecule has 1 aliphatic rings. The maximum absolute atomic E-state index is 5.77. The van der Waals surface area contributed by atoms with E-state index < -0.39 is 0 Å². The first kappa shape index (κ1) is 8.88. The van der Waals surface area contributed by atoms with Crippen LogP contribution >= 0.6 is 15.9 Å². The van der Waals surface area contributed by atoms with Gasteiger partial charge in [-0.1, -0.05) is 15.9 Å². The standard InChI is InChI=1S/C10H12BrNO/c11-7-4-5-9(12)10(6-7)13-8-2-1-3-8/h4-6,8H,1-3,12H2. The van der Waals surface area contributed by atoms with Crippen molar-refractivity contribution in [3.8, 4) is 5.75 Å². The second kappa shape index (κ2) is 3.58. The van der Waals surface area contributed by atoms with Gasteiger partial charge in [-0.15, -0.1) is 0 Å². The van der Waals surface area contributed by atoms with Crippen molar-refractivity contribution < 1.29 is 4.74 Å². The summed E-state index contributed by atoms with van der Waals surface area (Å²) in [6.45, 7) is 0. The molecular weight excluding hydrogens is 230 g/mol. The van der Waals surface area contributed by atoms with Crippen LogP contribution in [0.1, 0.15) is 19.3 Å². The number of anilines is 1. The summed E-state index contributed by atoms with van der Waals surface area (Å²) in [5.74, 6) is 0.805. The molecule has 0 spiro atoms. The SMILES string of the molecule is Nc1ccc(Br)cc1OC1CCC1. The Morgan fingerprint density at radius 2 is 2.15 bits per heavy atom. The number of ether oxygens (including phenoxy) is 1. The van der Waals surface area contributed by atoms with E-state index in [9.17, 15) is 0 Å². The fraction of sp³-hybridized carbons (Fsp3) is 0.400. The van der Waals surface area contributed by atoms with E-state index in [-0.39, 0.29) is 0 Å². The van der Waals surface area contributed by atoms with Gasteiger partial charge in [-0.3, -0.25) is 0 Å². The molecule has 1 fully saturated rings. The highest BCUT2D eigenvalue weighted by molar-refractivity contribution is 9.10. The van der Waals surface area contributed by atoms with Crippen LogP contribution in [0.25, 0.3) is 0 Å². The molecule has 0 atom stereocenters. The van der Waals surface area contributed by atoms with Crippen molar-refractivity contribution in [2.24, 2.45) is 0 Å². The molecule has 0 radical (unpaired) electrons. The van der Waals surface area contributed by atoms with Gasteiger partial charge in [0.15, 0.2) is 0 Å². The first-order valence-electron chi connectivity index (χ1n) is 4.47. The molecule has 1 aromatic carbocycles. The van der Waals surface area contributed by atoms with E-state index in [1.165, 1.54) is 6.42 Å². The molecule has 0 bridgehead atoms. The van der Waals surface area contributed by atoms with Crippen molar-refractivity contribution >= 4 is 21.6 Å². The molecule has 0 aliphatic heterocycles. The van der Waals surface area contributed by atoms with E-state index in [4.69, 9.17) is 10.5 Å². The van der Waals surface area contributed by atoms with Gasteiger partial charge >= 0.3 is 0 Å². The minimum Gasteiger partial charge on any atom is -0.488 e. The Kier molecular flexibility index (Phi) is 2.44. The highest BCUT2D eigenvalue weighted by atomic mass is 79.9. The zero-order chi connectivity index (χ0) is 9.26. The molecule has 0 saturated heterocycles. The van der Waals surface area contributed by atoms with Gasteiger partial charge in [0.2, 0.25) is 0 Å². The third kappa shape index (κ3) is 1.97. The summed E-state index contributed by atoms with van der Waals surface area (Å²) in [6, 6.07) is 5.70. The smallest absolute Gasteiger partial charge is 0.143 e. The summed E-state index contributed by atoms with van der Waals surface area (Å²) >= 11 is 3.39. The number of hydrogen-bond acceptors (Lipinski definition) is 2. The molecule has 3 heteroatoms. The second-order valence-electron chi connectivity index (χ2n) is 3.35. The van der Waals surface area contributed by atoms with Crippen molar-refractivity contribution in [1.29, 1.82) is 0 Å². The van der Waals surface area contributed by atoms with Gasteiger partial charge in [0.25, 0.3) is 0 Å². The zero-order valence-electron chi connectivity index (χ0n) is 7.29. The van der Waals surface area contributed by atoms with Crippen LogP contribution in [0.2, 0.25) is 0 Å². The quantitative estimate of drug-likeness (QED) is 0.809. The van der Waals surface area contributed by atoms with Crippen molar-refractivity contribution in [3.05, 3.63) is 22.7 Å². The normalized spacial score (nSPS) is 16.7. The number of hydrogen-bond donors (Lipinski definition) is 1. The molecule has 1 aliphatic carbocycles. The van der Waals surface area contributed by atoms with Crippen LogP contribution in [-0.4, -0.2) is 6.10 Å². The van der Waals surface area contributed by atoms with Crippen molar-refractivity contribution in [2.75, 3.05) is 5.73 Å². The second-order valence-corrected chi connectivity index (χ2v) is 4.27. The molecule has 70 valence electrons. The molecule has 13 heavy (non-hydrogen) atoms. The third-order valence-electron chi connectivity index (χ3n) is 2.32. The molecule has 0 unspecified atom stereocenters. The van der Waals surface area contributed by atoms with E-state index in [1.807, 2.05) is 18.2 Å². The lowest BCUT2D eigenvalue weighted by Gasteiger charge is -2.27. The number of rotatable bonds is 2. The van der Waals surface area contributed by atoms with Gasteiger partial charge in [0.1, 0.15) is 5.75 Å². The lowest BCUT2D eigenvalue weighted by atomic mass is 9.96. The first-order valence-corrected chi connectivity index (χ1v) is 5.27. The Hall–Kier alpha value is -0.700. The monoisotopic (exact) mass is 241 g/mol. The molecule has 2 rings (SSSR count). The van der Waals surface area contributed by atoms with Crippen molar-refractivity contribution in [1.82, 2.24) is 0 Å².